The van der Waals surface area contributed by atoms with E-state index in [9.17, 15) is 4.79 Å². The molecule has 0 aliphatic heterocycles. The van der Waals surface area contributed by atoms with Crippen LogP contribution in [0.3, 0.4) is 0 Å². The van der Waals surface area contributed by atoms with Crippen LogP contribution in [0.2, 0.25) is 10.0 Å². The number of rotatable bonds is 2. The van der Waals surface area contributed by atoms with Crippen LogP contribution >= 0.6 is 39.1 Å². The average Bonchev–Trinajstić information content (AvgIpc) is 2.15. The zero-order valence-electron chi connectivity index (χ0n) is 7.31. The van der Waals surface area contributed by atoms with E-state index in [1.807, 2.05) is 0 Å². The Kier molecular flexibility index (Phi) is 4.23. The monoisotopic (exact) mass is 296 g/mol. The number of hydrogen-bond acceptors (Lipinski definition) is 2. The van der Waals surface area contributed by atoms with Gasteiger partial charge in [0.1, 0.15) is 0 Å². The van der Waals surface area contributed by atoms with Crippen molar-refractivity contribution >= 4 is 45.1 Å². The lowest BCUT2D eigenvalue weighted by Crippen LogP contribution is -2.05. The highest BCUT2D eigenvalue weighted by molar-refractivity contribution is 9.08. The van der Waals surface area contributed by atoms with Crippen molar-refractivity contribution in [3.8, 4) is 0 Å². The largest absolute Gasteiger partial charge is 0.465 e. The fourth-order valence-corrected chi connectivity index (χ4v) is 2.36. The van der Waals surface area contributed by atoms with Crippen LogP contribution in [-0.4, -0.2) is 13.1 Å². The number of benzene rings is 1. The van der Waals surface area contributed by atoms with Gasteiger partial charge in [-0.05, 0) is 17.7 Å². The highest BCUT2D eigenvalue weighted by Crippen LogP contribution is 2.27. The lowest BCUT2D eigenvalue weighted by molar-refractivity contribution is 0.0600. The Morgan fingerprint density at radius 1 is 1.50 bits per heavy atom. The van der Waals surface area contributed by atoms with Crippen LogP contribution in [0, 0.1) is 0 Å². The molecule has 0 amide bonds. The van der Waals surface area contributed by atoms with E-state index in [0.29, 0.717) is 26.5 Å². The van der Waals surface area contributed by atoms with Crippen molar-refractivity contribution < 1.29 is 9.53 Å². The quantitative estimate of drug-likeness (QED) is 0.615. The maximum atomic E-state index is 11.3. The summed E-state index contributed by atoms with van der Waals surface area (Å²) in [4.78, 5) is 11.3. The number of carbonyl (C=O) groups excluding carboxylic acids is 1. The Morgan fingerprint density at radius 2 is 2.14 bits per heavy atom. The zero-order chi connectivity index (χ0) is 10.7. The molecule has 0 saturated carbocycles. The molecular weight excluding hydrogens is 291 g/mol. The summed E-state index contributed by atoms with van der Waals surface area (Å²) in [5.41, 5.74) is 1.07. The molecule has 76 valence electrons. The van der Waals surface area contributed by atoms with E-state index in [0.717, 1.165) is 0 Å². The predicted molar refractivity (Wildman–Crippen MR) is 60.4 cm³/mol. The second-order valence-corrected chi connectivity index (χ2v) is 3.94. The Hall–Kier alpha value is -0.250. The van der Waals surface area contributed by atoms with Gasteiger partial charge in [0, 0.05) is 15.4 Å². The Morgan fingerprint density at radius 3 is 2.64 bits per heavy atom. The van der Waals surface area contributed by atoms with Crippen molar-refractivity contribution in [1.29, 1.82) is 0 Å². The number of hydrogen-bond donors (Lipinski definition) is 0. The molecule has 2 nitrogen and oxygen atoms in total. The first kappa shape index (κ1) is 11.8. The summed E-state index contributed by atoms with van der Waals surface area (Å²) in [5, 5.41) is 1.35. The number of carbonyl (C=O) groups is 1. The number of halogens is 3. The summed E-state index contributed by atoms with van der Waals surface area (Å²) in [7, 11) is 1.31. The Labute approximate surface area is 100 Å². The summed E-state index contributed by atoms with van der Waals surface area (Å²) >= 11 is 14.9. The van der Waals surface area contributed by atoms with Gasteiger partial charge in [0.15, 0.2) is 0 Å². The maximum Gasteiger partial charge on any atom is 0.338 e. The molecule has 0 atom stereocenters. The normalized spacial score (nSPS) is 10.0. The maximum absolute atomic E-state index is 11.3. The van der Waals surface area contributed by atoms with E-state index >= 15 is 0 Å². The molecule has 0 N–H and O–H groups in total. The van der Waals surface area contributed by atoms with Gasteiger partial charge in [-0.15, -0.1) is 0 Å². The van der Waals surface area contributed by atoms with Gasteiger partial charge < -0.3 is 4.74 Å². The molecule has 1 aromatic carbocycles. The molecule has 0 aliphatic carbocycles. The Bertz CT molecular complexity index is 366. The fraction of sp³-hybridized carbons (Fsp3) is 0.222. The van der Waals surface area contributed by atoms with E-state index in [4.69, 9.17) is 23.2 Å². The van der Waals surface area contributed by atoms with E-state index < -0.39 is 5.97 Å². The summed E-state index contributed by atoms with van der Waals surface area (Å²) in [6.45, 7) is 0. The van der Waals surface area contributed by atoms with Crippen molar-refractivity contribution in [2.45, 2.75) is 5.33 Å². The standard InChI is InChI=1S/C9H7BrCl2O2/c1-14-9(13)6-2-5(11)3-8(12)7(6)4-10/h2-3H,4H2,1H3. The molecule has 14 heavy (non-hydrogen) atoms. The molecule has 1 aromatic rings. The zero-order valence-corrected chi connectivity index (χ0v) is 10.4. The van der Waals surface area contributed by atoms with E-state index in [-0.39, 0.29) is 0 Å². The Balaban J connectivity index is 3.32. The molecule has 5 heteroatoms. The van der Waals surface area contributed by atoms with Crippen LogP contribution in [0.5, 0.6) is 0 Å². The topological polar surface area (TPSA) is 26.3 Å². The summed E-state index contributed by atoms with van der Waals surface area (Å²) in [5.74, 6) is -0.441. The number of alkyl halides is 1. The number of esters is 1. The number of ether oxygens (including phenoxy) is 1. The molecule has 0 fully saturated rings. The summed E-state index contributed by atoms with van der Waals surface area (Å²) in [6.07, 6.45) is 0. The minimum absolute atomic E-state index is 0.391. The molecule has 0 aliphatic rings. The summed E-state index contributed by atoms with van der Waals surface area (Å²) < 4.78 is 4.61. The third-order valence-electron chi connectivity index (χ3n) is 1.70. The first-order chi connectivity index (χ1) is 6.60. The van der Waals surface area contributed by atoms with Crippen LogP contribution < -0.4 is 0 Å². The van der Waals surface area contributed by atoms with E-state index in [1.54, 1.807) is 6.07 Å². The molecule has 0 radical (unpaired) electrons. The molecule has 0 aromatic heterocycles. The third-order valence-corrected chi connectivity index (χ3v) is 2.82. The van der Waals surface area contributed by atoms with Gasteiger partial charge in [-0.3, -0.25) is 0 Å². The van der Waals surface area contributed by atoms with Crippen molar-refractivity contribution in [3.63, 3.8) is 0 Å². The predicted octanol–water partition coefficient (Wildman–Crippen LogP) is 3.67. The number of methoxy groups -OCH3 is 1. The van der Waals surface area contributed by atoms with Crippen molar-refractivity contribution in [1.82, 2.24) is 0 Å². The lowest BCUT2D eigenvalue weighted by Gasteiger charge is -2.07. The van der Waals surface area contributed by atoms with Gasteiger partial charge in [-0.1, -0.05) is 39.1 Å². The minimum atomic E-state index is -0.441. The lowest BCUT2D eigenvalue weighted by atomic mass is 10.1. The fourth-order valence-electron chi connectivity index (χ4n) is 1.03. The van der Waals surface area contributed by atoms with Gasteiger partial charge in [0.2, 0.25) is 0 Å². The average molecular weight is 298 g/mol. The van der Waals surface area contributed by atoms with Crippen molar-refractivity contribution in [3.05, 3.63) is 33.3 Å². The first-order valence-electron chi connectivity index (χ1n) is 3.72. The van der Waals surface area contributed by atoms with Gasteiger partial charge in [-0.2, -0.15) is 0 Å². The van der Waals surface area contributed by atoms with Crippen molar-refractivity contribution in [2.24, 2.45) is 0 Å². The molecule has 0 saturated heterocycles. The SMILES string of the molecule is COC(=O)c1cc(Cl)cc(Cl)c1CBr. The smallest absolute Gasteiger partial charge is 0.338 e. The molecule has 0 spiro atoms. The molecule has 0 bridgehead atoms. The van der Waals surface area contributed by atoms with Gasteiger partial charge in [-0.25, -0.2) is 4.79 Å². The van der Waals surface area contributed by atoms with Gasteiger partial charge in [0.05, 0.1) is 12.7 Å². The highest BCUT2D eigenvalue weighted by atomic mass is 79.9. The molecule has 0 unspecified atom stereocenters. The van der Waals surface area contributed by atoms with Gasteiger partial charge in [0.25, 0.3) is 0 Å². The minimum Gasteiger partial charge on any atom is -0.465 e. The van der Waals surface area contributed by atoms with Crippen LogP contribution in [-0.2, 0) is 10.1 Å². The first-order valence-corrected chi connectivity index (χ1v) is 5.60. The highest BCUT2D eigenvalue weighted by Gasteiger charge is 2.15. The van der Waals surface area contributed by atoms with E-state index in [1.165, 1.54) is 13.2 Å². The molecule has 0 heterocycles. The molecule has 1 rings (SSSR count). The molecular formula is C9H7BrCl2O2. The second kappa shape index (κ2) is 5.01. The third kappa shape index (κ3) is 2.41. The van der Waals surface area contributed by atoms with Crippen LogP contribution in [0.1, 0.15) is 15.9 Å². The van der Waals surface area contributed by atoms with Crippen LogP contribution in [0.15, 0.2) is 12.1 Å². The van der Waals surface area contributed by atoms with E-state index in [2.05, 4.69) is 20.7 Å². The summed E-state index contributed by atoms with van der Waals surface area (Å²) in [6, 6.07) is 3.13. The second-order valence-electron chi connectivity index (χ2n) is 2.54. The van der Waals surface area contributed by atoms with Crippen molar-refractivity contribution in [2.75, 3.05) is 7.11 Å². The van der Waals surface area contributed by atoms with Gasteiger partial charge >= 0.3 is 5.97 Å². The van der Waals surface area contributed by atoms with Crippen LogP contribution in [0.4, 0.5) is 0 Å². The van der Waals surface area contributed by atoms with Crippen LogP contribution in [0.25, 0.3) is 0 Å².